The van der Waals surface area contributed by atoms with E-state index >= 15 is 0 Å². The van der Waals surface area contributed by atoms with Crippen LogP contribution in [0.2, 0.25) is 0 Å². The molecule has 0 saturated carbocycles. The van der Waals surface area contributed by atoms with Crippen molar-refractivity contribution in [3.05, 3.63) is 52.2 Å². The molecule has 0 aliphatic carbocycles. The second kappa shape index (κ2) is 10.6. The number of carbonyl (C=O) groups is 3. The Bertz CT molecular complexity index is 746. The van der Waals surface area contributed by atoms with Crippen molar-refractivity contribution in [2.75, 3.05) is 24.3 Å². The average molecular weight is 393 g/mol. The molecule has 6 nitrogen and oxygen atoms in total. The Kier molecular flexibility index (Phi) is 8.17. The molecule has 2 rings (SSSR count). The van der Waals surface area contributed by atoms with Gasteiger partial charge in [0.05, 0.1) is 23.6 Å². The first-order valence-electron chi connectivity index (χ1n) is 7.92. The minimum absolute atomic E-state index is 0.171. The van der Waals surface area contributed by atoms with Crippen molar-refractivity contribution in [3.63, 3.8) is 0 Å². The minimum Gasteiger partial charge on any atom is -0.462 e. The fraction of sp³-hybridized carbons (Fsp3) is 0.278. The predicted molar refractivity (Wildman–Crippen MR) is 102 cm³/mol. The van der Waals surface area contributed by atoms with Gasteiger partial charge in [0.2, 0.25) is 0 Å². The van der Waals surface area contributed by atoms with E-state index in [1.54, 1.807) is 42.5 Å². The van der Waals surface area contributed by atoms with Gasteiger partial charge in [-0.15, -0.1) is 23.1 Å². The highest BCUT2D eigenvalue weighted by atomic mass is 32.2. The van der Waals surface area contributed by atoms with Crippen LogP contribution in [-0.2, 0) is 24.8 Å². The second-order valence-corrected chi connectivity index (χ2v) is 7.06. The average Bonchev–Trinajstić information content (AvgIpc) is 3.14. The predicted octanol–water partition coefficient (Wildman–Crippen LogP) is 3.34. The van der Waals surface area contributed by atoms with Crippen LogP contribution in [0.15, 0.2) is 41.8 Å². The summed E-state index contributed by atoms with van der Waals surface area (Å²) >= 11 is 3.06. The summed E-state index contributed by atoms with van der Waals surface area (Å²) in [4.78, 5) is 36.7. The van der Waals surface area contributed by atoms with Crippen molar-refractivity contribution in [2.45, 2.75) is 12.7 Å². The van der Waals surface area contributed by atoms with Gasteiger partial charge in [0, 0.05) is 10.6 Å². The molecule has 26 heavy (non-hydrogen) atoms. The van der Waals surface area contributed by atoms with Crippen LogP contribution in [0.25, 0.3) is 0 Å². The lowest BCUT2D eigenvalue weighted by molar-refractivity contribution is -0.144. The van der Waals surface area contributed by atoms with E-state index in [9.17, 15) is 14.4 Å². The van der Waals surface area contributed by atoms with Crippen LogP contribution >= 0.6 is 23.1 Å². The van der Waals surface area contributed by atoms with Gasteiger partial charge in [-0.1, -0.05) is 18.2 Å². The highest BCUT2D eigenvalue weighted by molar-refractivity contribution is 7.99. The third-order valence-electron chi connectivity index (χ3n) is 3.11. The van der Waals surface area contributed by atoms with Gasteiger partial charge < -0.3 is 14.8 Å². The first-order chi connectivity index (χ1) is 12.6. The zero-order chi connectivity index (χ0) is 18.8. The zero-order valence-corrected chi connectivity index (χ0v) is 15.9. The Morgan fingerprint density at radius 2 is 1.92 bits per heavy atom. The van der Waals surface area contributed by atoms with Crippen molar-refractivity contribution in [3.8, 4) is 0 Å². The van der Waals surface area contributed by atoms with Crippen LogP contribution in [0.5, 0.6) is 0 Å². The number of thioether (sulfide) groups is 1. The summed E-state index contributed by atoms with van der Waals surface area (Å²) in [5.41, 5.74) is 0.569. The van der Waals surface area contributed by atoms with Gasteiger partial charge in [0.15, 0.2) is 6.61 Å². The number of rotatable bonds is 9. The van der Waals surface area contributed by atoms with Crippen molar-refractivity contribution in [1.82, 2.24) is 0 Å². The first kappa shape index (κ1) is 20.0. The zero-order valence-electron chi connectivity index (χ0n) is 14.2. The number of esters is 2. The van der Waals surface area contributed by atoms with Crippen molar-refractivity contribution in [1.29, 1.82) is 0 Å². The topological polar surface area (TPSA) is 81.7 Å². The van der Waals surface area contributed by atoms with Crippen LogP contribution < -0.4 is 5.32 Å². The highest BCUT2D eigenvalue weighted by Gasteiger charge is 2.15. The Balaban J connectivity index is 1.76. The number of hydrogen-bond donors (Lipinski definition) is 1. The Morgan fingerprint density at radius 1 is 1.12 bits per heavy atom. The van der Waals surface area contributed by atoms with Gasteiger partial charge in [-0.2, -0.15) is 0 Å². The standard InChI is InChI=1S/C18H19NO5S2/c1-2-23-18(22)14-7-3-4-8-15(14)19-16(20)10-24-17(21)12-25-11-13-6-5-9-26-13/h3-9H,2,10-12H2,1H3,(H,19,20). The van der Waals surface area contributed by atoms with Gasteiger partial charge in [-0.25, -0.2) is 4.79 Å². The van der Waals surface area contributed by atoms with Crippen LogP contribution in [0.1, 0.15) is 22.2 Å². The largest absolute Gasteiger partial charge is 0.462 e. The normalized spacial score (nSPS) is 10.2. The maximum Gasteiger partial charge on any atom is 0.340 e. The van der Waals surface area contributed by atoms with Crippen LogP contribution in [0, 0.1) is 0 Å². The van der Waals surface area contributed by atoms with E-state index in [0.717, 1.165) is 5.75 Å². The van der Waals surface area contributed by atoms with Crippen LogP contribution in [-0.4, -0.2) is 36.8 Å². The lowest BCUT2D eigenvalue weighted by Crippen LogP contribution is -2.23. The van der Waals surface area contributed by atoms with Gasteiger partial charge in [0.25, 0.3) is 5.91 Å². The molecule has 0 aliphatic heterocycles. The van der Waals surface area contributed by atoms with Gasteiger partial charge >= 0.3 is 11.9 Å². The molecule has 1 heterocycles. The molecule has 0 radical (unpaired) electrons. The first-order valence-corrected chi connectivity index (χ1v) is 9.95. The van der Waals surface area contributed by atoms with Gasteiger partial charge in [-0.3, -0.25) is 9.59 Å². The fourth-order valence-electron chi connectivity index (χ4n) is 1.98. The molecule has 0 saturated heterocycles. The second-order valence-electron chi connectivity index (χ2n) is 5.05. The molecule has 1 aromatic heterocycles. The summed E-state index contributed by atoms with van der Waals surface area (Å²) in [6.07, 6.45) is 0. The summed E-state index contributed by atoms with van der Waals surface area (Å²) in [6, 6.07) is 10.5. The van der Waals surface area contributed by atoms with Crippen molar-refractivity contribution in [2.24, 2.45) is 0 Å². The third kappa shape index (κ3) is 6.53. The Morgan fingerprint density at radius 3 is 2.65 bits per heavy atom. The number of nitrogens with one attached hydrogen (secondary N) is 1. The maximum absolute atomic E-state index is 12.0. The maximum atomic E-state index is 12.0. The number of para-hydroxylation sites is 1. The quantitative estimate of drug-likeness (QED) is 0.658. The number of ether oxygens (including phenoxy) is 2. The molecule has 0 unspecified atom stereocenters. The number of hydrogen-bond acceptors (Lipinski definition) is 7. The summed E-state index contributed by atoms with van der Waals surface area (Å²) < 4.78 is 9.90. The summed E-state index contributed by atoms with van der Waals surface area (Å²) in [5.74, 6) is -0.597. The lowest BCUT2D eigenvalue weighted by Gasteiger charge is -2.10. The summed E-state index contributed by atoms with van der Waals surface area (Å²) in [5, 5.41) is 4.54. The van der Waals surface area contributed by atoms with E-state index in [0.29, 0.717) is 5.69 Å². The molecule has 1 aromatic carbocycles. The molecule has 138 valence electrons. The number of carbonyl (C=O) groups excluding carboxylic acids is 3. The van der Waals surface area contributed by atoms with E-state index in [1.807, 2.05) is 17.5 Å². The molecule has 0 atom stereocenters. The molecular formula is C18H19NO5S2. The van der Waals surface area contributed by atoms with E-state index in [1.165, 1.54) is 16.6 Å². The van der Waals surface area contributed by atoms with Gasteiger partial charge in [0.1, 0.15) is 0 Å². The SMILES string of the molecule is CCOC(=O)c1ccccc1NC(=O)COC(=O)CSCc1cccs1. The number of anilines is 1. The van der Waals surface area contributed by atoms with Crippen LogP contribution in [0.4, 0.5) is 5.69 Å². The molecular weight excluding hydrogens is 374 g/mol. The fourth-order valence-corrected chi connectivity index (χ4v) is 3.64. The molecule has 0 fully saturated rings. The van der Waals surface area contributed by atoms with Crippen molar-refractivity contribution >= 4 is 46.6 Å². The Labute approximate surface area is 159 Å². The summed E-state index contributed by atoms with van der Waals surface area (Å²) in [7, 11) is 0. The molecule has 1 N–H and O–H groups in total. The molecule has 0 bridgehead atoms. The minimum atomic E-state index is -0.523. The Hall–Kier alpha value is -2.32. The molecule has 2 aromatic rings. The number of benzene rings is 1. The molecule has 1 amide bonds. The third-order valence-corrected chi connectivity index (χ3v) is 5.12. The van der Waals surface area contributed by atoms with Gasteiger partial charge in [-0.05, 0) is 30.5 Å². The van der Waals surface area contributed by atoms with E-state index in [-0.39, 0.29) is 17.9 Å². The summed E-state index contributed by atoms with van der Waals surface area (Å²) in [6.45, 7) is 1.53. The van der Waals surface area contributed by atoms with E-state index < -0.39 is 24.5 Å². The van der Waals surface area contributed by atoms with E-state index in [4.69, 9.17) is 9.47 Å². The monoisotopic (exact) mass is 393 g/mol. The molecule has 0 spiro atoms. The highest BCUT2D eigenvalue weighted by Crippen LogP contribution is 2.18. The number of thiophene rings is 1. The van der Waals surface area contributed by atoms with Crippen LogP contribution in [0.3, 0.4) is 0 Å². The smallest absolute Gasteiger partial charge is 0.340 e. The van der Waals surface area contributed by atoms with Crippen molar-refractivity contribution < 1.29 is 23.9 Å². The van der Waals surface area contributed by atoms with E-state index in [2.05, 4.69) is 5.32 Å². The lowest BCUT2D eigenvalue weighted by atomic mass is 10.2. The number of amides is 1. The molecule has 8 heteroatoms. The molecule has 0 aliphatic rings.